The molecule has 25 heavy (non-hydrogen) atoms. The number of benzene rings is 2. The van der Waals surface area contributed by atoms with Gasteiger partial charge in [-0.05, 0) is 35.7 Å². The van der Waals surface area contributed by atoms with E-state index in [0.717, 1.165) is 16.3 Å². The van der Waals surface area contributed by atoms with Crippen LogP contribution in [0.2, 0.25) is 0 Å². The van der Waals surface area contributed by atoms with Crippen molar-refractivity contribution in [1.82, 2.24) is 0 Å². The molecule has 0 aliphatic carbocycles. The maximum Gasteiger partial charge on any atom is 0.262 e. The van der Waals surface area contributed by atoms with Crippen LogP contribution in [0.3, 0.4) is 0 Å². The molecule has 5 rings (SSSR count). The lowest BCUT2D eigenvalue weighted by Gasteiger charge is -2.37. The summed E-state index contributed by atoms with van der Waals surface area (Å²) in [7, 11) is 0. The summed E-state index contributed by atoms with van der Waals surface area (Å²) in [5.41, 5.74) is 2.28. The van der Waals surface area contributed by atoms with Crippen molar-refractivity contribution in [2.75, 3.05) is 17.0 Å². The zero-order chi connectivity index (χ0) is 16.8. The lowest BCUT2D eigenvalue weighted by atomic mass is 10.1. The van der Waals surface area contributed by atoms with Crippen LogP contribution in [0.1, 0.15) is 21.4 Å². The van der Waals surface area contributed by atoms with Gasteiger partial charge in [-0.3, -0.25) is 9.69 Å². The van der Waals surface area contributed by atoms with Crippen LogP contribution in [0.15, 0.2) is 60.0 Å². The minimum atomic E-state index is -0.261. The number of hydrogen-bond donors (Lipinski definition) is 1. The Morgan fingerprint density at radius 2 is 1.92 bits per heavy atom. The lowest BCUT2D eigenvalue weighted by molar-refractivity contribution is 0.0975. The van der Waals surface area contributed by atoms with Gasteiger partial charge in [0.05, 0.1) is 11.3 Å². The van der Waals surface area contributed by atoms with Gasteiger partial charge in [0.25, 0.3) is 5.91 Å². The molecule has 0 spiro atoms. The molecule has 0 unspecified atom stereocenters. The minimum absolute atomic E-state index is 0.0355. The van der Waals surface area contributed by atoms with Crippen molar-refractivity contribution in [2.45, 2.75) is 6.17 Å². The predicted molar refractivity (Wildman–Crippen MR) is 96.5 cm³/mol. The molecule has 6 heteroatoms. The number of anilines is 2. The number of amides is 1. The largest absolute Gasteiger partial charge is 0.454 e. The van der Waals surface area contributed by atoms with Crippen molar-refractivity contribution < 1.29 is 14.3 Å². The van der Waals surface area contributed by atoms with E-state index in [2.05, 4.69) is 5.32 Å². The monoisotopic (exact) mass is 350 g/mol. The van der Waals surface area contributed by atoms with Crippen LogP contribution in [-0.4, -0.2) is 12.7 Å². The third kappa shape index (κ3) is 2.26. The maximum atomic E-state index is 13.2. The van der Waals surface area contributed by atoms with E-state index in [1.54, 1.807) is 16.2 Å². The van der Waals surface area contributed by atoms with Crippen LogP contribution in [0.5, 0.6) is 11.5 Å². The SMILES string of the molecule is O=C1c2ccccc2N[C@@H](c2cccs2)N1c1ccc2c(c1)OCO2. The fraction of sp³-hybridized carbons (Fsp3) is 0.105. The molecule has 5 nitrogen and oxygen atoms in total. The standard InChI is InChI=1S/C19H14N2O3S/c22-19-13-4-1-2-5-14(13)20-18(17-6-3-9-25-17)21(19)12-7-8-15-16(10-12)24-11-23-15/h1-10,18,20H,11H2/t18-/m1/s1. The molecule has 2 aliphatic rings. The molecule has 124 valence electrons. The molecule has 0 saturated heterocycles. The Kier molecular flexibility index (Phi) is 3.18. The first-order valence-electron chi connectivity index (χ1n) is 7.93. The van der Waals surface area contributed by atoms with Crippen molar-refractivity contribution in [3.05, 3.63) is 70.4 Å². The Bertz CT molecular complexity index is 955. The lowest BCUT2D eigenvalue weighted by Crippen LogP contribution is -2.42. The summed E-state index contributed by atoms with van der Waals surface area (Å²) < 4.78 is 10.9. The van der Waals surface area contributed by atoms with Crippen LogP contribution >= 0.6 is 11.3 Å². The van der Waals surface area contributed by atoms with Crippen LogP contribution in [0.25, 0.3) is 0 Å². The Morgan fingerprint density at radius 3 is 2.80 bits per heavy atom. The van der Waals surface area contributed by atoms with Gasteiger partial charge in [0.2, 0.25) is 6.79 Å². The zero-order valence-corrected chi connectivity index (χ0v) is 14.0. The highest BCUT2D eigenvalue weighted by atomic mass is 32.1. The van der Waals surface area contributed by atoms with Gasteiger partial charge in [-0.2, -0.15) is 0 Å². The van der Waals surface area contributed by atoms with E-state index < -0.39 is 0 Å². The minimum Gasteiger partial charge on any atom is -0.454 e. The predicted octanol–water partition coefficient (Wildman–Crippen LogP) is 4.25. The van der Waals surface area contributed by atoms with Crippen LogP contribution in [-0.2, 0) is 0 Å². The summed E-state index contributed by atoms with van der Waals surface area (Å²) >= 11 is 1.62. The van der Waals surface area contributed by atoms with Crippen LogP contribution in [0.4, 0.5) is 11.4 Å². The Balaban J connectivity index is 1.65. The number of rotatable bonds is 2. The smallest absolute Gasteiger partial charge is 0.262 e. The number of para-hydroxylation sites is 1. The van der Waals surface area contributed by atoms with Gasteiger partial charge in [-0.15, -0.1) is 11.3 Å². The molecule has 1 atom stereocenters. The molecule has 2 aliphatic heterocycles. The molecule has 3 aromatic rings. The Morgan fingerprint density at radius 1 is 1.04 bits per heavy atom. The fourth-order valence-electron chi connectivity index (χ4n) is 3.20. The van der Waals surface area contributed by atoms with Gasteiger partial charge in [-0.25, -0.2) is 0 Å². The second kappa shape index (κ2) is 5.53. The highest BCUT2D eigenvalue weighted by molar-refractivity contribution is 7.10. The number of ether oxygens (including phenoxy) is 2. The van der Waals surface area contributed by atoms with Gasteiger partial charge in [-0.1, -0.05) is 18.2 Å². The first-order valence-corrected chi connectivity index (χ1v) is 8.81. The molecule has 1 aromatic heterocycles. The summed E-state index contributed by atoms with van der Waals surface area (Å²) in [5, 5.41) is 5.50. The maximum absolute atomic E-state index is 13.2. The third-order valence-corrected chi connectivity index (χ3v) is 5.30. The van der Waals surface area contributed by atoms with Gasteiger partial charge in [0, 0.05) is 16.6 Å². The van der Waals surface area contributed by atoms with Gasteiger partial charge >= 0.3 is 0 Å². The number of carbonyl (C=O) groups excluding carboxylic acids is 1. The van der Waals surface area contributed by atoms with E-state index >= 15 is 0 Å². The number of thiophene rings is 1. The molecule has 0 fully saturated rings. The molecular weight excluding hydrogens is 336 g/mol. The van der Waals surface area contributed by atoms with Gasteiger partial charge in [0.15, 0.2) is 11.5 Å². The first kappa shape index (κ1) is 14.4. The second-order valence-electron chi connectivity index (χ2n) is 5.82. The van der Waals surface area contributed by atoms with E-state index in [-0.39, 0.29) is 18.9 Å². The normalized spacial score (nSPS) is 18.0. The van der Waals surface area contributed by atoms with Crippen molar-refractivity contribution >= 4 is 28.6 Å². The summed E-state index contributed by atoms with van der Waals surface area (Å²) in [6, 6.07) is 17.2. The van der Waals surface area contributed by atoms with E-state index in [1.165, 1.54) is 0 Å². The quantitative estimate of drug-likeness (QED) is 0.751. The van der Waals surface area contributed by atoms with Crippen LogP contribution < -0.4 is 19.7 Å². The average molecular weight is 350 g/mol. The molecule has 3 heterocycles. The molecule has 2 aromatic carbocycles. The number of hydrogen-bond acceptors (Lipinski definition) is 5. The average Bonchev–Trinajstić information content (AvgIpc) is 3.33. The first-order chi connectivity index (χ1) is 12.3. The van der Waals surface area contributed by atoms with E-state index in [0.29, 0.717) is 17.1 Å². The van der Waals surface area contributed by atoms with Crippen molar-refractivity contribution in [2.24, 2.45) is 0 Å². The number of fused-ring (bicyclic) bond motifs is 2. The Labute approximate surface area is 148 Å². The van der Waals surface area contributed by atoms with Crippen molar-refractivity contribution in [3.63, 3.8) is 0 Å². The summed E-state index contributed by atoms with van der Waals surface area (Å²) in [4.78, 5) is 16.1. The molecule has 0 saturated carbocycles. The molecule has 1 N–H and O–H groups in total. The van der Waals surface area contributed by atoms with Gasteiger partial charge < -0.3 is 14.8 Å². The molecule has 1 amide bonds. The fourth-order valence-corrected chi connectivity index (χ4v) is 3.97. The topological polar surface area (TPSA) is 50.8 Å². The van der Waals surface area contributed by atoms with Crippen molar-refractivity contribution in [3.8, 4) is 11.5 Å². The third-order valence-electron chi connectivity index (χ3n) is 4.37. The number of nitrogens with zero attached hydrogens (tertiary/aromatic N) is 1. The Hall–Kier alpha value is -2.99. The van der Waals surface area contributed by atoms with E-state index in [1.807, 2.05) is 60.0 Å². The summed E-state index contributed by atoms with van der Waals surface area (Å²) in [6.45, 7) is 0.210. The van der Waals surface area contributed by atoms with E-state index in [9.17, 15) is 4.79 Å². The summed E-state index contributed by atoms with van der Waals surface area (Å²) in [6.07, 6.45) is -0.261. The number of carbonyl (C=O) groups is 1. The molecule has 0 radical (unpaired) electrons. The van der Waals surface area contributed by atoms with Gasteiger partial charge in [0.1, 0.15) is 6.17 Å². The highest BCUT2D eigenvalue weighted by Crippen LogP contribution is 2.41. The number of nitrogens with one attached hydrogen (secondary N) is 1. The second-order valence-corrected chi connectivity index (χ2v) is 6.80. The molecular formula is C19H14N2O3S. The van der Waals surface area contributed by atoms with Crippen molar-refractivity contribution in [1.29, 1.82) is 0 Å². The zero-order valence-electron chi connectivity index (χ0n) is 13.1. The van der Waals surface area contributed by atoms with E-state index in [4.69, 9.17) is 9.47 Å². The highest BCUT2D eigenvalue weighted by Gasteiger charge is 2.35. The van der Waals surface area contributed by atoms with Crippen LogP contribution in [0, 0.1) is 0 Å². The summed E-state index contributed by atoms with van der Waals surface area (Å²) in [5.74, 6) is 1.33. The molecule has 0 bridgehead atoms.